The number of hydrogen-bond donors (Lipinski definition) is 2. The molecule has 2 aromatic rings. The normalized spacial score (nSPS) is 13.2. The van der Waals surface area contributed by atoms with Gasteiger partial charge in [-0.05, 0) is 31.5 Å². The predicted octanol–water partition coefficient (Wildman–Crippen LogP) is 3.03. The SMILES string of the molecule is CC(=O)N[C@H](CC(=O)N[C@H](C)c1ccco1)c1ccc(C)cc1. The second kappa shape index (κ2) is 7.63. The van der Waals surface area contributed by atoms with E-state index in [2.05, 4.69) is 10.6 Å². The number of rotatable bonds is 6. The summed E-state index contributed by atoms with van der Waals surface area (Å²) in [6.07, 6.45) is 1.75. The zero-order chi connectivity index (χ0) is 16.8. The third-order valence-electron chi connectivity index (χ3n) is 3.59. The van der Waals surface area contributed by atoms with Crippen LogP contribution in [0, 0.1) is 6.92 Å². The Morgan fingerprint density at radius 2 is 1.83 bits per heavy atom. The Labute approximate surface area is 136 Å². The van der Waals surface area contributed by atoms with Crippen molar-refractivity contribution in [1.29, 1.82) is 0 Å². The Morgan fingerprint density at radius 1 is 1.13 bits per heavy atom. The average molecular weight is 314 g/mol. The van der Waals surface area contributed by atoms with E-state index in [0.717, 1.165) is 11.1 Å². The molecule has 0 bridgehead atoms. The Balaban J connectivity index is 2.03. The zero-order valence-corrected chi connectivity index (χ0v) is 13.6. The quantitative estimate of drug-likeness (QED) is 0.861. The molecule has 0 saturated carbocycles. The molecule has 0 spiro atoms. The molecule has 5 nitrogen and oxygen atoms in total. The van der Waals surface area contributed by atoms with Crippen molar-refractivity contribution >= 4 is 11.8 Å². The topological polar surface area (TPSA) is 71.3 Å². The van der Waals surface area contributed by atoms with Gasteiger partial charge in [0.25, 0.3) is 0 Å². The van der Waals surface area contributed by atoms with Gasteiger partial charge >= 0.3 is 0 Å². The molecule has 0 aliphatic rings. The summed E-state index contributed by atoms with van der Waals surface area (Å²) in [6.45, 7) is 5.30. The molecule has 0 aliphatic carbocycles. The number of nitrogens with one attached hydrogen (secondary N) is 2. The van der Waals surface area contributed by atoms with E-state index < -0.39 is 0 Å². The Bertz CT molecular complexity index is 647. The molecule has 23 heavy (non-hydrogen) atoms. The van der Waals surface area contributed by atoms with Gasteiger partial charge in [0, 0.05) is 6.92 Å². The van der Waals surface area contributed by atoms with E-state index in [9.17, 15) is 9.59 Å². The summed E-state index contributed by atoms with van der Waals surface area (Å²) in [7, 11) is 0. The lowest BCUT2D eigenvalue weighted by molar-refractivity contribution is -0.123. The molecule has 0 saturated heterocycles. The van der Waals surface area contributed by atoms with Crippen LogP contribution >= 0.6 is 0 Å². The molecular weight excluding hydrogens is 292 g/mol. The van der Waals surface area contributed by atoms with Crippen LogP contribution in [0.4, 0.5) is 0 Å². The van der Waals surface area contributed by atoms with Crippen LogP contribution in [0.1, 0.15) is 49.2 Å². The highest BCUT2D eigenvalue weighted by atomic mass is 16.3. The highest BCUT2D eigenvalue weighted by molar-refractivity contribution is 5.79. The first kappa shape index (κ1) is 16.8. The molecular formula is C18H22N2O3. The molecule has 122 valence electrons. The minimum absolute atomic E-state index is 0.145. The maximum Gasteiger partial charge on any atom is 0.222 e. The highest BCUT2D eigenvalue weighted by Gasteiger charge is 2.19. The summed E-state index contributed by atoms with van der Waals surface area (Å²) in [6, 6.07) is 10.8. The maximum absolute atomic E-state index is 12.3. The molecule has 2 amide bonds. The van der Waals surface area contributed by atoms with Crippen molar-refractivity contribution in [2.75, 3.05) is 0 Å². The van der Waals surface area contributed by atoms with Gasteiger partial charge in [0.1, 0.15) is 5.76 Å². The molecule has 0 aliphatic heterocycles. The van der Waals surface area contributed by atoms with E-state index in [1.54, 1.807) is 12.3 Å². The summed E-state index contributed by atoms with van der Waals surface area (Å²) < 4.78 is 5.28. The molecule has 1 aromatic carbocycles. The minimum Gasteiger partial charge on any atom is -0.467 e. The lowest BCUT2D eigenvalue weighted by Crippen LogP contribution is -2.33. The van der Waals surface area contributed by atoms with Crippen LogP contribution in [0.15, 0.2) is 47.1 Å². The second-order valence-electron chi connectivity index (χ2n) is 5.67. The van der Waals surface area contributed by atoms with E-state index in [4.69, 9.17) is 4.42 Å². The van der Waals surface area contributed by atoms with Crippen molar-refractivity contribution in [2.24, 2.45) is 0 Å². The molecule has 0 unspecified atom stereocenters. The van der Waals surface area contributed by atoms with Crippen molar-refractivity contribution in [1.82, 2.24) is 10.6 Å². The van der Waals surface area contributed by atoms with Crippen LogP contribution in [0.25, 0.3) is 0 Å². The minimum atomic E-state index is -0.350. The molecule has 0 radical (unpaired) electrons. The molecule has 5 heteroatoms. The van der Waals surface area contributed by atoms with Gasteiger partial charge in [0.15, 0.2) is 0 Å². The van der Waals surface area contributed by atoms with E-state index in [0.29, 0.717) is 5.76 Å². The van der Waals surface area contributed by atoms with Gasteiger partial charge in [-0.25, -0.2) is 0 Å². The molecule has 0 fully saturated rings. The fraction of sp³-hybridized carbons (Fsp3) is 0.333. The first-order valence-corrected chi connectivity index (χ1v) is 7.62. The van der Waals surface area contributed by atoms with Crippen molar-refractivity contribution in [2.45, 2.75) is 39.3 Å². The fourth-order valence-corrected chi connectivity index (χ4v) is 2.39. The summed E-state index contributed by atoms with van der Waals surface area (Å²) in [5.41, 5.74) is 2.04. The number of aryl methyl sites for hydroxylation is 1. The van der Waals surface area contributed by atoms with Crippen LogP contribution in [0.5, 0.6) is 0 Å². The first-order chi connectivity index (χ1) is 11.0. The standard InChI is InChI=1S/C18H22N2O3/c1-12-6-8-15(9-7-12)16(20-14(3)21)11-18(22)19-13(2)17-5-4-10-23-17/h4-10,13,16H,11H2,1-3H3,(H,19,22)(H,20,21)/t13-,16-/m1/s1. The van der Waals surface area contributed by atoms with Gasteiger partial charge in [-0.3, -0.25) is 9.59 Å². The number of amides is 2. The van der Waals surface area contributed by atoms with Gasteiger partial charge in [0.05, 0.1) is 24.8 Å². The average Bonchev–Trinajstić information content (AvgIpc) is 3.01. The first-order valence-electron chi connectivity index (χ1n) is 7.62. The van der Waals surface area contributed by atoms with Gasteiger partial charge in [-0.2, -0.15) is 0 Å². The Morgan fingerprint density at radius 3 is 2.39 bits per heavy atom. The molecule has 2 rings (SSSR count). The second-order valence-corrected chi connectivity index (χ2v) is 5.67. The fourth-order valence-electron chi connectivity index (χ4n) is 2.39. The summed E-state index contributed by atoms with van der Waals surface area (Å²) in [4.78, 5) is 23.7. The number of benzene rings is 1. The predicted molar refractivity (Wildman–Crippen MR) is 87.6 cm³/mol. The van der Waals surface area contributed by atoms with Crippen molar-refractivity contribution < 1.29 is 14.0 Å². The number of carbonyl (C=O) groups excluding carboxylic acids is 2. The van der Waals surface area contributed by atoms with Crippen molar-refractivity contribution in [3.05, 3.63) is 59.5 Å². The van der Waals surface area contributed by atoms with E-state index in [-0.39, 0.29) is 30.3 Å². The summed E-state index contributed by atoms with van der Waals surface area (Å²) >= 11 is 0. The van der Waals surface area contributed by atoms with Crippen LogP contribution in [-0.4, -0.2) is 11.8 Å². The van der Waals surface area contributed by atoms with Gasteiger partial charge < -0.3 is 15.1 Å². The Hall–Kier alpha value is -2.56. The van der Waals surface area contributed by atoms with Gasteiger partial charge in [0.2, 0.25) is 11.8 Å². The largest absolute Gasteiger partial charge is 0.467 e. The van der Waals surface area contributed by atoms with Gasteiger partial charge in [-0.15, -0.1) is 0 Å². The molecule has 2 N–H and O–H groups in total. The van der Waals surface area contributed by atoms with Crippen LogP contribution in [0.2, 0.25) is 0 Å². The van der Waals surface area contributed by atoms with E-state index in [1.807, 2.05) is 44.2 Å². The van der Waals surface area contributed by atoms with E-state index >= 15 is 0 Å². The third-order valence-corrected chi connectivity index (χ3v) is 3.59. The lowest BCUT2D eigenvalue weighted by atomic mass is 10.0. The monoisotopic (exact) mass is 314 g/mol. The number of carbonyl (C=O) groups is 2. The summed E-state index contributed by atoms with van der Waals surface area (Å²) in [5.74, 6) is 0.389. The third kappa shape index (κ3) is 4.98. The smallest absolute Gasteiger partial charge is 0.222 e. The lowest BCUT2D eigenvalue weighted by Gasteiger charge is -2.19. The highest BCUT2D eigenvalue weighted by Crippen LogP contribution is 2.19. The van der Waals surface area contributed by atoms with Crippen LogP contribution < -0.4 is 10.6 Å². The summed E-state index contributed by atoms with van der Waals surface area (Å²) in [5, 5.41) is 5.71. The van der Waals surface area contributed by atoms with Crippen molar-refractivity contribution in [3.63, 3.8) is 0 Å². The molecule has 1 heterocycles. The van der Waals surface area contributed by atoms with Crippen LogP contribution in [-0.2, 0) is 9.59 Å². The maximum atomic E-state index is 12.3. The van der Waals surface area contributed by atoms with Gasteiger partial charge in [-0.1, -0.05) is 29.8 Å². The molecule has 1 aromatic heterocycles. The number of hydrogen-bond acceptors (Lipinski definition) is 3. The Kier molecular flexibility index (Phi) is 5.57. The zero-order valence-electron chi connectivity index (χ0n) is 13.6. The molecule has 2 atom stereocenters. The number of furan rings is 1. The van der Waals surface area contributed by atoms with Crippen LogP contribution in [0.3, 0.4) is 0 Å². The van der Waals surface area contributed by atoms with E-state index in [1.165, 1.54) is 6.92 Å². The van der Waals surface area contributed by atoms with Crippen molar-refractivity contribution in [3.8, 4) is 0 Å².